The molecule has 0 spiro atoms. The van der Waals surface area contributed by atoms with E-state index in [1.54, 1.807) is 0 Å². The van der Waals surface area contributed by atoms with Crippen LogP contribution in [0.4, 0.5) is 14.5 Å². The maximum Gasteiger partial charge on any atom is 0.128 e. The van der Waals surface area contributed by atoms with Gasteiger partial charge in [0, 0.05) is 17.8 Å². The molecule has 1 aromatic carbocycles. The number of nitrogens with one attached hydrogen (secondary N) is 1. The summed E-state index contributed by atoms with van der Waals surface area (Å²) in [5, 5.41) is 3.20. The fraction of sp³-hybridized carbons (Fsp3) is 0.538. The lowest BCUT2D eigenvalue weighted by molar-refractivity contribution is 0.332. The van der Waals surface area contributed by atoms with Gasteiger partial charge in [0.1, 0.15) is 11.6 Å². The van der Waals surface area contributed by atoms with Crippen LogP contribution in [0.1, 0.15) is 25.7 Å². The normalized spacial score (nSPS) is 24.6. The van der Waals surface area contributed by atoms with E-state index in [1.165, 1.54) is 18.6 Å². The molecule has 0 saturated heterocycles. The Hall–Kier alpha value is -1.16. The number of benzene rings is 1. The first-order valence-corrected chi connectivity index (χ1v) is 6.12. The number of nitrogens with two attached hydrogens (primary N) is 1. The Labute approximate surface area is 100 Å². The van der Waals surface area contributed by atoms with E-state index >= 15 is 0 Å². The zero-order valence-electron chi connectivity index (χ0n) is 9.76. The fourth-order valence-corrected chi connectivity index (χ4v) is 2.53. The van der Waals surface area contributed by atoms with Crippen LogP contribution in [0.5, 0.6) is 0 Å². The third kappa shape index (κ3) is 3.16. The minimum atomic E-state index is -0.549. The Balaban J connectivity index is 2.08. The number of halogens is 2. The first-order chi connectivity index (χ1) is 8.19. The molecule has 0 amide bonds. The average Bonchev–Trinajstić information content (AvgIpc) is 2.28. The lowest BCUT2D eigenvalue weighted by Gasteiger charge is -2.32. The summed E-state index contributed by atoms with van der Waals surface area (Å²) in [6, 6.07) is 3.76. The molecule has 0 radical (unpaired) electrons. The molecule has 0 aliphatic heterocycles. The molecule has 1 aromatic rings. The van der Waals surface area contributed by atoms with Crippen LogP contribution in [0.15, 0.2) is 18.2 Å². The molecule has 0 heterocycles. The van der Waals surface area contributed by atoms with Crippen molar-refractivity contribution in [2.75, 3.05) is 11.9 Å². The van der Waals surface area contributed by atoms with E-state index in [9.17, 15) is 8.78 Å². The molecule has 4 heteroatoms. The van der Waals surface area contributed by atoms with Gasteiger partial charge in [-0.3, -0.25) is 0 Å². The van der Waals surface area contributed by atoms with Crippen LogP contribution in [0.2, 0.25) is 0 Å². The Morgan fingerprint density at radius 2 is 1.76 bits per heavy atom. The van der Waals surface area contributed by atoms with E-state index in [0.29, 0.717) is 18.2 Å². The highest BCUT2D eigenvalue weighted by molar-refractivity contribution is 5.44. The maximum absolute atomic E-state index is 13.1. The van der Waals surface area contributed by atoms with E-state index < -0.39 is 11.6 Å². The summed E-state index contributed by atoms with van der Waals surface area (Å²) in [4.78, 5) is 0. The second-order valence-electron chi connectivity index (χ2n) is 4.69. The van der Waals surface area contributed by atoms with Crippen molar-refractivity contribution in [3.05, 3.63) is 29.8 Å². The van der Waals surface area contributed by atoms with Crippen LogP contribution in [0.25, 0.3) is 0 Å². The van der Waals surface area contributed by atoms with E-state index in [2.05, 4.69) is 5.32 Å². The molecule has 1 aliphatic rings. The Kier molecular flexibility index (Phi) is 3.94. The van der Waals surface area contributed by atoms with Crippen molar-refractivity contribution in [2.45, 2.75) is 31.7 Å². The molecule has 2 atom stereocenters. The molecule has 2 rings (SSSR count). The molecule has 1 aliphatic carbocycles. The molecule has 1 saturated carbocycles. The minimum Gasteiger partial charge on any atom is -0.382 e. The number of hydrogen-bond acceptors (Lipinski definition) is 2. The molecule has 94 valence electrons. The van der Waals surface area contributed by atoms with Crippen molar-refractivity contribution in [2.24, 2.45) is 11.7 Å². The summed E-state index contributed by atoms with van der Waals surface area (Å²) in [6.07, 6.45) is 4.44. The molecule has 1 fully saturated rings. The van der Waals surface area contributed by atoms with Crippen LogP contribution in [0.3, 0.4) is 0 Å². The van der Waals surface area contributed by atoms with Crippen LogP contribution < -0.4 is 11.1 Å². The molecule has 2 unspecified atom stereocenters. The van der Waals surface area contributed by atoms with Crippen molar-refractivity contribution in [1.29, 1.82) is 0 Å². The van der Waals surface area contributed by atoms with Crippen LogP contribution in [-0.2, 0) is 0 Å². The zero-order valence-corrected chi connectivity index (χ0v) is 9.76. The van der Waals surface area contributed by atoms with E-state index in [0.717, 1.165) is 25.3 Å². The third-order valence-electron chi connectivity index (χ3n) is 3.43. The van der Waals surface area contributed by atoms with Gasteiger partial charge in [-0.1, -0.05) is 12.8 Å². The van der Waals surface area contributed by atoms with Gasteiger partial charge in [-0.2, -0.15) is 0 Å². The first-order valence-electron chi connectivity index (χ1n) is 6.12. The van der Waals surface area contributed by atoms with Gasteiger partial charge in [0.2, 0.25) is 0 Å². The topological polar surface area (TPSA) is 38.0 Å². The number of anilines is 1. The largest absolute Gasteiger partial charge is 0.382 e. The fourth-order valence-electron chi connectivity index (χ4n) is 2.53. The van der Waals surface area contributed by atoms with Crippen LogP contribution in [0, 0.1) is 17.6 Å². The zero-order chi connectivity index (χ0) is 12.3. The lowest BCUT2D eigenvalue weighted by Crippen LogP contribution is -2.36. The van der Waals surface area contributed by atoms with Crippen molar-refractivity contribution in [3.8, 4) is 0 Å². The highest BCUT2D eigenvalue weighted by Gasteiger charge is 2.23. The quantitative estimate of drug-likeness (QED) is 0.852. The third-order valence-corrected chi connectivity index (χ3v) is 3.43. The predicted octanol–water partition coefficient (Wildman–Crippen LogP) is 2.89. The molecule has 0 aromatic heterocycles. The highest BCUT2D eigenvalue weighted by atomic mass is 19.1. The SMILES string of the molecule is NCC1CCCCC1Nc1cc(F)cc(F)c1. The molecule has 2 nitrogen and oxygen atoms in total. The summed E-state index contributed by atoms with van der Waals surface area (Å²) >= 11 is 0. The second kappa shape index (κ2) is 5.45. The minimum absolute atomic E-state index is 0.231. The van der Waals surface area contributed by atoms with Gasteiger partial charge in [0.05, 0.1) is 0 Å². The summed E-state index contributed by atoms with van der Waals surface area (Å²) in [6.45, 7) is 0.621. The van der Waals surface area contributed by atoms with Crippen LogP contribution in [-0.4, -0.2) is 12.6 Å². The smallest absolute Gasteiger partial charge is 0.128 e. The number of rotatable bonds is 3. The standard InChI is InChI=1S/C13H18F2N2/c14-10-5-11(15)7-12(6-10)17-13-4-2-1-3-9(13)8-16/h5-7,9,13,17H,1-4,8,16H2. The molecule has 0 bridgehead atoms. The van der Waals surface area contributed by atoms with E-state index in [4.69, 9.17) is 5.73 Å². The molecular weight excluding hydrogens is 222 g/mol. The molecular formula is C13H18F2N2. The van der Waals surface area contributed by atoms with Crippen molar-refractivity contribution >= 4 is 5.69 Å². The average molecular weight is 240 g/mol. The van der Waals surface area contributed by atoms with E-state index in [-0.39, 0.29) is 6.04 Å². The summed E-state index contributed by atoms with van der Waals surface area (Å²) in [5.74, 6) is -0.699. The van der Waals surface area contributed by atoms with Gasteiger partial charge in [0.15, 0.2) is 0 Å². The summed E-state index contributed by atoms with van der Waals surface area (Å²) in [5.41, 5.74) is 6.23. The van der Waals surface area contributed by atoms with E-state index in [1.807, 2.05) is 0 Å². The summed E-state index contributed by atoms with van der Waals surface area (Å²) in [7, 11) is 0. The van der Waals surface area contributed by atoms with Crippen LogP contribution >= 0.6 is 0 Å². The maximum atomic E-state index is 13.1. The van der Waals surface area contributed by atoms with Gasteiger partial charge < -0.3 is 11.1 Å². The van der Waals surface area contributed by atoms with Gasteiger partial charge >= 0.3 is 0 Å². The monoisotopic (exact) mass is 240 g/mol. The van der Waals surface area contributed by atoms with Crippen molar-refractivity contribution in [1.82, 2.24) is 0 Å². The number of hydrogen-bond donors (Lipinski definition) is 2. The van der Waals surface area contributed by atoms with Gasteiger partial charge in [-0.25, -0.2) is 8.78 Å². The molecule has 3 N–H and O–H groups in total. The van der Waals surface area contributed by atoms with Gasteiger partial charge in [-0.05, 0) is 37.4 Å². The predicted molar refractivity (Wildman–Crippen MR) is 64.8 cm³/mol. The Bertz CT molecular complexity index is 361. The second-order valence-corrected chi connectivity index (χ2v) is 4.69. The van der Waals surface area contributed by atoms with Crippen molar-refractivity contribution < 1.29 is 8.78 Å². The van der Waals surface area contributed by atoms with Crippen molar-refractivity contribution in [3.63, 3.8) is 0 Å². The Morgan fingerprint density at radius 1 is 1.12 bits per heavy atom. The van der Waals surface area contributed by atoms with Gasteiger partial charge in [0.25, 0.3) is 0 Å². The van der Waals surface area contributed by atoms with Gasteiger partial charge in [-0.15, -0.1) is 0 Å². The summed E-state index contributed by atoms with van der Waals surface area (Å²) < 4.78 is 26.1. The first kappa shape index (κ1) is 12.3. The highest BCUT2D eigenvalue weighted by Crippen LogP contribution is 2.27. The molecule has 17 heavy (non-hydrogen) atoms. The Morgan fingerprint density at radius 3 is 2.41 bits per heavy atom. The lowest BCUT2D eigenvalue weighted by atomic mass is 9.84.